The van der Waals surface area contributed by atoms with E-state index >= 15 is 0 Å². The first kappa shape index (κ1) is 23.9. The maximum Gasteiger partial charge on any atom is 0.417 e. The van der Waals surface area contributed by atoms with Crippen LogP contribution in [0.5, 0.6) is 0 Å². The lowest BCUT2D eigenvalue weighted by Crippen LogP contribution is -2.37. The second-order valence-electron chi connectivity index (χ2n) is 5.75. The number of halogens is 4. The van der Waals surface area contributed by atoms with Crippen molar-refractivity contribution in [3.8, 4) is 6.07 Å². The summed E-state index contributed by atoms with van der Waals surface area (Å²) in [7, 11) is -4.20. The molecule has 0 spiro atoms. The average molecular weight is 434 g/mol. The van der Waals surface area contributed by atoms with Gasteiger partial charge in [-0.25, -0.2) is 8.42 Å². The predicted molar refractivity (Wildman–Crippen MR) is 101 cm³/mol. The van der Waals surface area contributed by atoms with Crippen molar-refractivity contribution in [3.63, 3.8) is 0 Å². The Morgan fingerprint density at radius 3 is 2.25 bits per heavy atom. The van der Waals surface area contributed by atoms with Crippen molar-refractivity contribution in [2.75, 3.05) is 19.6 Å². The van der Waals surface area contributed by atoms with Crippen molar-refractivity contribution >= 4 is 22.4 Å². The SMILES string of the molecule is Cl.N#Cc1ccc(S(=O)(=O)N(CCN)CCc2ccccc2)cc1C(F)(F)F. The van der Waals surface area contributed by atoms with Gasteiger partial charge in [0.1, 0.15) is 0 Å². The number of nitrogens with zero attached hydrogens (tertiary/aromatic N) is 2. The number of sulfonamides is 1. The fourth-order valence-electron chi connectivity index (χ4n) is 2.56. The van der Waals surface area contributed by atoms with Gasteiger partial charge in [0.25, 0.3) is 0 Å². The van der Waals surface area contributed by atoms with E-state index in [1.807, 2.05) is 30.3 Å². The van der Waals surface area contributed by atoms with E-state index in [-0.39, 0.29) is 32.0 Å². The summed E-state index contributed by atoms with van der Waals surface area (Å²) in [6, 6.07) is 12.9. The predicted octanol–water partition coefficient (Wildman–Crippen LogP) is 3.19. The van der Waals surface area contributed by atoms with Gasteiger partial charge in [0.2, 0.25) is 10.0 Å². The Bertz CT molecular complexity index is 929. The minimum atomic E-state index is -4.83. The van der Waals surface area contributed by atoms with Crippen LogP contribution < -0.4 is 5.73 Å². The average Bonchev–Trinajstić information content (AvgIpc) is 2.64. The van der Waals surface area contributed by atoms with E-state index in [1.54, 1.807) is 0 Å². The van der Waals surface area contributed by atoms with Crippen LogP contribution in [0.4, 0.5) is 13.2 Å². The zero-order valence-corrected chi connectivity index (χ0v) is 16.3. The number of hydrogen-bond donors (Lipinski definition) is 1. The number of nitrogens with two attached hydrogens (primary N) is 1. The van der Waals surface area contributed by atoms with Gasteiger partial charge in [-0.1, -0.05) is 30.3 Å². The molecule has 0 aliphatic heterocycles. The summed E-state index contributed by atoms with van der Waals surface area (Å²) in [6.45, 7) is 0.0673. The van der Waals surface area contributed by atoms with Crippen molar-refractivity contribution < 1.29 is 21.6 Å². The first-order valence-corrected chi connectivity index (χ1v) is 9.49. The first-order chi connectivity index (χ1) is 12.7. The number of benzene rings is 2. The van der Waals surface area contributed by atoms with Crippen LogP contribution in [0.2, 0.25) is 0 Å². The fraction of sp³-hybridized carbons (Fsp3) is 0.278. The zero-order valence-electron chi connectivity index (χ0n) is 14.7. The van der Waals surface area contributed by atoms with Crippen LogP contribution in [0.1, 0.15) is 16.7 Å². The van der Waals surface area contributed by atoms with Crippen molar-refractivity contribution in [2.24, 2.45) is 5.73 Å². The van der Waals surface area contributed by atoms with E-state index in [0.717, 1.165) is 22.0 Å². The smallest absolute Gasteiger partial charge is 0.329 e. The number of nitriles is 1. The Labute approximate surface area is 168 Å². The largest absolute Gasteiger partial charge is 0.417 e. The molecule has 0 aromatic heterocycles. The van der Waals surface area contributed by atoms with Gasteiger partial charge in [0.05, 0.1) is 22.1 Å². The zero-order chi connectivity index (χ0) is 20.1. The monoisotopic (exact) mass is 433 g/mol. The maximum atomic E-state index is 13.1. The Hall–Kier alpha value is -2.12. The lowest BCUT2D eigenvalue weighted by molar-refractivity contribution is -0.137. The van der Waals surface area contributed by atoms with Crippen LogP contribution >= 0.6 is 12.4 Å². The minimum Gasteiger partial charge on any atom is -0.329 e. The van der Waals surface area contributed by atoms with Gasteiger partial charge in [0.15, 0.2) is 0 Å². The summed E-state index contributed by atoms with van der Waals surface area (Å²) < 4.78 is 66.2. The molecule has 2 N–H and O–H groups in total. The van der Waals surface area contributed by atoms with E-state index < -0.39 is 32.2 Å². The standard InChI is InChI=1S/C18H18F3N3O2S.ClH/c19-18(20,21)17-12-16(7-6-15(17)13-23)27(25,26)24(11-9-22)10-8-14-4-2-1-3-5-14;/h1-7,12H,8-11,22H2;1H. The molecule has 0 radical (unpaired) electrons. The van der Waals surface area contributed by atoms with Crippen molar-refractivity contribution in [1.29, 1.82) is 5.26 Å². The third-order valence-corrected chi connectivity index (χ3v) is 5.82. The molecular weight excluding hydrogens is 415 g/mol. The molecule has 0 fully saturated rings. The number of hydrogen-bond acceptors (Lipinski definition) is 4. The molecule has 2 aromatic carbocycles. The summed E-state index contributed by atoms with van der Waals surface area (Å²) in [5.74, 6) is 0. The van der Waals surface area contributed by atoms with Gasteiger partial charge in [0, 0.05) is 19.6 Å². The number of alkyl halides is 3. The third kappa shape index (κ3) is 5.69. The molecule has 0 bridgehead atoms. The molecule has 0 aliphatic rings. The van der Waals surface area contributed by atoms with Gasteiger partial charge in [-0.2, -0.15) is 22.7 Å². The molecule has 152 valence electrons. The van der Waals surface area contributed by atoms with Crippen LogP contribution in [-0.2, 0) is 22.6 Å². The highest BCUT2D eigenvalue weighted by Gasteiger charge is 2.35. The van der Waals surface area contributed by atoms with Crippen LogP contribution in [0.3, 0.4) is 0 Å². The molecule has 5 nitrogen and oxygen atoms in total. The second kappa shape index (κ2) is 9.89. The van der Waals surface area contributed by atoms with E-state index in [1.165, 1.54) is 6.07 Å². The minimum absolute atomic E-state index is 0. The normalized spacial score (nSPS) is 11.7. The molecule has 0 amide bonds. The van der Waals surface area contributed by atoms with Gasteiger partial charge >= 0.3 is 6.18 Å². The van der Waals surface area contributed by atoms with E-state index in [9.17, 15) is 21.6 Å². The fourth-order valence-corrected chi connectivity index (χ4v) is 4.04. The molecule has 2 rings (SSSR count). The van der Waals surface area contributed by atoms with Gasteiger partial charge in [-0.15, -0.1) is 12.4 Å². The molecule has 10 heteroatoms. The Morgan fingerprint density at radius 2 is 1.71 bits per heavy atom. The van der Waals surface area contributed by atoms with Crippen LogP contribution in [0.15, 0.2) is 53.4 Å². The molecule has 0 aliphatic carbocycles. The highest BCUT2D eigenvalue weighted by Crippen LogP contribution is 2.33. The number of rotatable bonds is 7. The van der Waals surface area contributed by atoms with Crippen LogP contribution in [0, 0.1) is 11.3 Å². The summed E-state index contributed by atoms with van der Waals surface area (Å²) >= 11 is 0. The molecule has 0 saturated carbocycles. The quantitative estimate of drug-likeness (QED) is 0.726. The maximum absolute atomic E-state index is 13.1. The Balaban J connectivity index is 0.00000392. The van der Waals surface area contributed by atoms with Crippen molar-refractivity contribution in [1.82, 2.24) is 4.31 Å². The first-order valence-electron chi connectivity index (χ1n) is 8.05. The van der Waals surface area contributed by atoms with Crippen LogP contribution in [-0.4, -0.2) is 32.4 Å². The highest BCUT2D eigenvalue weighted by atomic mass is 35.5. The summed E-state index contributed by atoms with van der Waals surface area (Å²) in [5, 5.41) is 8.85. The van der Waals surface area contributed by atoms with Gasteiger partial charge in [-0.3, -0.25) is 0 Å². The Morgan fingerprint density at radius 1 is 1.07 bits per heavy atom. The summed E-state index contributed by atoms with van der Waals surface area (Å²) in [5.41, 5.74) is 4.48. The molecule has 2 aromatic rings. The van der Waals surface area contributed by atoms with E-state index in [2.05, 4.69) is 0 Å². The second-order valence-corrected chi connectivity index (χ2v) is 7.68. The van der Waals surface area contributed by atoms with Crippen molar-refractivity contribution in [2.45, 2.75) is 17.5 Å². The molecule has 0 unspecified atom stereocenters. The van der Waals surface area contributed by atoms with Gasteiger partial charge < -0.3 is 5.73 Å². The molecule has 0 heterocycles. The van der Waals surface area contributed by atoms with Gasteiger partial charge in [-0.05, 0) is 30.2 Å². The highest BCUT2D eigenvalue weighted by molar-refractivity contribution is 7.89. The lowest BCUT2D eigenvalue weighted by Gasteiger charge is -2.22. The Kier molecular flexibility index (Phi) is 8.45. The third-order valence-electron chi connectivity index (χ3n) is 3.93. The molecular formula is C18H19ClF3N3O2S. The topological polar surface area (TPSA) is 87.2 Å². The van der Waals surface area contributed by atoms with E-state index in [4.69, 9.17) is 11.0 Å². The van der Waals surface area contributed by atoms with E-state index in [0.29, 0.717) is 12.5 Å². The molecule has 28 heavy (non-hydrogen) atoms. The molecule has 0 atom stereocenters. The van der Waals surface area contributed by atoms with Crippen LogP contribution in [0.25, 0.3) is 0 Å². The lowest BCUT2D eigenvalue weighted by atomic mass is 10.1. The molecule has 0 saturated heterocycles. The summed E-state index contributed by atoms with van der Waals surface area (Å²) in [6.07, 6.45) is -4.44. The summed E-state index contributed by atoms with van der Waals surface area (Å²) in [4.78, 5) is -0.518. The van der Waals surface area contributed by atoms with Crippen molar-refractivity contribution in [3.05, 3.63) is 65.2 Å².